The molecule has 0 unspecified atom stereocenters. The Morgan fingerprint density at radius 3 is 2.53 bits per heavy atom. The molecule has 0 aromatic rings. The summed E-state index contributed by atoms with van der Waals surface area (Å²) in [7, 11) is 0. The van der Waals surface area contributed by atoms with E-state index in [2.05, 4.69) is 4.74 Å². The van der Waals surface area contributed by atoms with E-state index in [-0.39, 0.29) is 19.0 Å². The Labute approximate surface area is 98.9 Å². The van der Waals surface area contributed by atoms with Gasteiger partial charge in [-0.05, 0) is 12.8 Å². The fraction of sp³-hybridized carbons (Fsp3) is 0.909. The smallest absolute Gasteiger partial charge is 0.345 e. The molecule has 0 saturated carbocycles. The number of alkyl halides is 2. The Kier molecular flexibility index (Phi) is 3.63. The third-order valence-corrected chi connectivity index (χ3v) is 3.54. The number of rotatable bonds is 3. The third kappa shape index (κ3) is 2.74. The first kappa shape index (κ1) is 12.7. The molecule has 98 valence electrons. The van der Waals surface area contributed by atoms with Gasteiger partial charge >= 0.3 is 6.61 Å². The molecule has 0 spiro atoms. The summed E-state index contributed by atoms with van der Waals surface area (Å²) in [6.45, 7) is 0.897. The normalized spacial score (nSPS) is 24.8. The van der Waals surface area contributed by atoms with Crippen molar-refractivity contribution < 1.29 is 23.0 Å². The molecule has 0 aliphatic carbocycles. The summed E-state index contributed by atoms with van der Waals surface area (Å²) in [5, 5.41) is 0. The van der Waals surface area contributed by atoms with E-state index in [1.165, 1.54) is 0 Å². The molecule has 6 heteroatoms. The summed E-state index contributed by atoms with van der Waals surface area (Å²) in [6.07, 6.45) is 0.883. The van der Waals surface area contributed by atoms with Crippen molar-refractivity contribution in [1.29, 1.82) is 0 Å². The van der Waals surface area contributed by atoms with Crippen molar-refractivity contribution in [3.8, 4) is 0 Å². The predicted molar refractivity (Wildman–Crippen MR) is 55.6 cm³/mol. The maximum absolute atomic E-state index is 12.2. The van der Waals surface area contributed by atoms with Crippen LogP contribution < -0.4 is 0 Å². The summed E-state index contributed by atoms with van der Waals surface area (Å²) in [5.74, 6) is 0.0370. The molecule has 2 heterocycles. The summed E-state index contributed by atoms with van der Waals surface area (Å²) < 4.78 is 33.4. The van der Waals surface area contributed by atoms with Gasteiger partial charge in [0, 0.05) is 26.3 Å². The van der Waals surface area contributed by atoms with Crippen LogP contribution in [-0.4, -0.2) is 49.8 Å². The minimum atomic E-state index is -2.75. The number of carbonyl (C=O) groups excluding carboxylic acids is 1. The molecule has 0 aromatic heterocycles. The second-order valence-corrected chi connectivity index (χ2v) is 4.90. The molecule has 0 atom stereocenters. The Balaban J connectivity index is 1.82. The van der Waals surface area contributed by atoms with Gasteiger partial charge in [-0.15, -0.1) is 0 Å². The van der Waals surface area contributed by atoms with Crippen molar-refractivity contribution in [2.45, 2.75) is 32.5 Å². The molecule has 2 rings (SSSR count). The van der Waals surface area contributed by atoms with Crippen LogP contribution in [0.1, 0.15) is 19.8 Å². The van der Waals surface area contributed by atoms with E-state index in [9.17, 15) is 13.6 Å². The van der Waals surface area contributed by atoms with Gasteiger partial charge in [0.25, 0.3) is 0 Å². The molecule has 2 fully saturated rings. The number of hydrogen-bond acceptors (Lipinski definition) is 3. The fourth-order valence-corrected chi connectivity index (χ4v) is 2.25. The lowest BCUT2D eigenvalue weighted by molar-refractivity contribution is -0.203. The van der Waals surface area contributed by atoms with Crippen LogP contribution in [-0.2, 0) is 14.3 Å². The topological polar surface area (TPSA) is 38.8 Å². The summed E-state index contributed by atoms with van der Waals surface area (Å²) in [5.41, 5.74) is -0.395. The molecule has 1 amide bonds. The van der Waals surface area contributed by atoms with Crippen LogP contribution in [0.4, 0.5) is 8.78 Å². The highest BCUT2D eigenvalue weighted by molar-refractivity contribution is 5.83. The summed E-state index contributed by atoms with van der Waals surface area (Å²) in [6, 6.07) is 0. The SMILES string of the molecule is CC1(C(=O)N2CC(OC(F)F)C2)CCOCC1. The zero-order chi connectivity index (χ0) is 12.5. The quantitative estimate of drug-likeness (QED) is 0.755. The number of carbonyl (C=O) groups is 1. The number of amides is 1. The van der Waals surface area contributed by atoms with Crippen molar-refractivity contribution >= 4 is 5.91 Å². The molecule has 2 aliphatic rings. The van der Waals surface area contributed by atoms with Crippen molar-refractivity contribution in [2.24, 2.45) is 5.41 Å². The highest BCUT2D eigenvalue weighted by Crippen LogP contribution is 2.33. The number of hydrogen-bond donors (Lipinski definition) is 0. The van der Waals surface area contributed by atoms with Crippen LogP contribution in [0.2, 0.25) is 0 Å². The lowest BCUT2D eigenvalue weighted by Gasteiger charge is -2.44. The van der Waals surface area contributed by atoms with E-state index < -0.39 is 18.1 Å². The third-order valence-electron chi connectivity index (χ3n) is 3.54. The second kappa shape index (κ2) is 4.86. The number of nitrogens with zero attached hydrogens (tertiary/aromatic N) is 1. The van der Waals surface area contributed by atoms with E-state index >= 15 is 0 Å². The van der Waals surface area contributed by atoms with Crippen LogP contribution >= 0.6 is 0 Å². The van der Waals surface area contributed by atoms with Gasteiger partial charge in [-0.1, -0.05) is 6.92 Å². The number of halogens is 2. The first-order valence-corrected chi connectivity index (χ1v) is 5.82. The zero-order valence-corrected chi connectivity index (χ0v) is 9.83. The highest BCUT2D eigenvalue weighted by Gasteiger charge is 2.43. The molecule has 0 radical (unpaired) electrons. The van der Waals surface area contributed by atoms with E-state index in [1.807, 2.05) is 6.92 Å². The summed E-state index contributed by atoms with van der Waals surface area (Å²) in [4.78, 5) is 13.8. The van der Waals surface area contributed by atoms with Crippen LogP contribution in [0.15, 0.2) is 0 Å². The molecule has 2 aliphatic heterocycles. The van der Waals surface area contributed by atoms with Crippen LogP contribution in [0.25, 0.3) is 0 Å². The Hall–Kier alpha value is -0.750. The molecule has 4 nitrogen and oxygen atoms in total. The number of likely N-dealkylation sites (tertiary alicyclic amines) is 1. The monoisotopic (exact) mass is 249 g/mol. The first-order valence-electron chi connectivity index (χ1n) is 5.82. The van der Waals surface area contributed by atoms with E-state index in [0.29, 0.717) is 26.1 Å². The largest absolute Gasteiger partial charge is 0.381 e. The van der Waals surface area contributed by atoms with E-state index in [1.54, 1.807) is 4.90 Å². The minimum absolute atomic E-state index is 0.0370. The van der Waals surface area contributed by atoms with Crippen molar-refractivity contribution in [1.82, 2.24) is 4.90 Å². The Morgan fingerprint density at radius 1 is 1.41 bits per heavy atom. The molecule has 0 aromatic carbocycles. The van der Waals surface area contributed by atoms with Crippen molar-refractivity contribution in [3.63, 3.8) is 0 Å². The average molecular weight is 249 g/mol. The first-order chi connectivity index (χ1) is 8.01. The molecule has 2 saturated heterocycles. The van der Waals surface area contributed by atoms with Gasteiger partial charge in [-0.3, -0.25) is 4.79 Å². The van der Waals surface area contributed by atoms with Crippen LogP contribution in [0, 0.1) is 5.41 Å². The highest BCUT2D eigenvalue weighted by atomic mass is 19.3. The fourth-order valence-electron chi connectivity index (χ4n) is 2.25. The number of ether oxygens (including phenoxy) is 2. The standard InChI is InChI=1S/C11H17F2NO3/c1-11(2-4-16-5-3-11)9(15)14-6-8(7-14)17-10(12)13/h8,10H,2-7H2,1H3. The molecular formula is C11H17F2NO3. The van der Waals surface area contributed by atoms with Crippen molar-refractivity contribution in [3.05, 3.63) is 0 Å². The minimum Gasteiger partial charge on any atom is -0.381 e. The zero-order valence-electron chi connectivity index (χ0n) is 9.83. The van der Waals surface area contributed by atoms with Crippen LogP contribution in [0.5, 0.6) is 0 Å². The maximum Gasteiger partial charge on any atom is 0.345 e. The Morgan fingerprint density at radius 2 is 2.00 bits per heavy atom. The van der Waals surface area contributed by atoms with Crippen LogP contribution in [0.3, 0.4) is 0 Å². The molecule has 0 N–H and O–H groups in total. The predicted octanol–water partition coefficient (Wildman–Crippen LogP) is 1.25. The molecule has 17 heavy (non-hydrogen) atoms. The van der Waals surface area contributed by atoms with Gasteiger partial charge in [0.2, 0.25) is 5.91 Å². The van der Waals surface area contributed by atoms with E-state index in [4.69, 9.17) is 4.74 Å². The van der Waals surface area contributed by atoms with E-state index in [0.717, 1.165) is 0 Å². The Bertz CT molecular complexity index is 286. The molecule has 0 bridgehead atoms. The second-order valence-electron chi connectivity index (χ2n) is 4.90. The van der Waals surface area contributed by atoms with Gasteiger partial charge in [0.15, 0.2) is 0 Å². The lowest BCUT2D eigenvalue weighted by Crippen LogP contribution is -2.59. The van der Waals surface area contributed by atoms with Gasteiger partial charge < -0.3 is 14.4 Å². The van der Waals surface area contributed by atoms with Gasteiger partial charge in [-0.2, -0.15) is 8.78 Å². The molecular weight excluding hydrogens is 232 g/mol. The lowest BCUT2D eigenvalue weighted by atomic mass is 9.80. The van der Waals surface area contributed by atoms with Gasteiger partial charge in [0.1, 0.15) is 0 Å². The average Bonchev–Trinajstić information content (AvgIpc) is 2.22. The van der Waals surface area contributed by atoms with Crippen molar-refractivity contribution in [2.75, 3.05) is 26.3 Å². The maximum atomic E-state index is 12.2. The van der Waals surface area contributed by atoms with Gasteiger partial charge in [-0.25, -0.2) is 0 Å². The summed E-state index contributed by atoms with van der Waals surface area (Å²) >= 11 is 0. The van der Waals surface area contributed by atoms with Gasteiger partial charge in [0.05, 0.1) is 11.5 Å².